The maximum absolute atomic E-state index is 11.9. The van der Waals surface area contributed by atoms with Gasteiger partial charge in [0, 0.05) is 29.8 Å². The molecular formula is C13H10N5O8S2+. The average Bonchev–Trinajstić information content (AvgIpc) is 3.14. The SMILES string of the molecule is O=[N+]([O-])c1ccc(-c2c(S(=O)(=O)O)cc(-[n+]3cnn[nH]3)cc2S(=O)(=O)O)cc1. The highest BCUT2D eigenvalue weighted by atomic mass is 32.2. The van der Waals surface area contributed by atoms with E-state index in [-0.39, 0.29) is 16.9 Å². The number of aromatic amines is 1. The summed E-state index contributed by atoms with van der Waals surface area (Å²) < 4.78 is 68.0. The molecule has 1 heterocycles. The van der Waals surface area contributed by atoms with Gasteiger partial charge in [-0.2, -0.15) is 16.8 Å². The van der Waals surface area contributed by atoms with Crippen molar-refractivity contribution in [1.29, 1.82) is 0 Å². The summed E-state index contributed by atoms with van der Waals surface area (Å²) in [4.78, 5) is 8.38. The molecule has 28 heavy (non-hydrogen) atoms. The maximum Gasteiger partial charge on any atom is 0.295 e. The van der Waals surface area contributed by atoms with E-state index in [4.69, 9.17) is 0 Å². The van der Waals surface area contributed by atoms with Crippen LogP contribution in [-0.2, 0) is 20.2 Å². The summed E-state index contributed by atoms with van der Waals surface area (Å²) in [5.41, 5.74) is -1.13. The highest BCUT2D eigenvalue weighted by molar-refractivity contribution is 7.87. The fourth-order valence-corrected chi connectivity index (χ4v) is 4.03. The number of nitro benzene ring substituents is 1. The molecule has 0 aliphatic carbocycles. The van der Waals surface area contributed by atoms with Crippen molar-refractivity contribution >= 4 is 25.9 Å². The van der Waals surface area contributed by atoms with Crippen LogP contribution in [0.5, 0.6) is 0 Å². The number of nitrogens with zero attached hydrogens (tertiary/aromatic N) is 4. The standard InChI is InChI=1S/C13H9N5O8S2/c19-18(20)9-3-1-8(2-4-9)13-11(27(21,22)23)5-10(17-7-14-15-16-17)6-12(13)28(24,25)26/h1-7H,(H2,21,22,23,24,25,26)/p+1. The molecule has 2 aromatic carbocycles. The van der Waals surface area contributed by atoms with E-state index in [1.54, 1.807) is 0 Å². The van der Waals surface area contributed by atoms with Crippen molar-refractivity contribution in [3.63, 3.8) is 0 Å². The summed E-state index contributed by atoms with van der Waals surface area (Å²) in [7, 11) is -9.96. The molecule has 13 nitrogen and oxygen atoms in total. The molecule has 0 amide bonds. The Labute approximate surface area is 156 Å². The smallest absolute Gasteiger partial charge is 0.282 e. The number of rotatable bonds is 5. The lowest BCUT2D eigenvalue weighted by atomic mass is 10.0. The van der Waals surface area contributed by atoms with Crippen LogP contribution in [0.1, 0.15) is 0 Å². The maximum atomic E-state index is 11.9. The molecule has 0 saturated heterocycles. The van der Waals surface area contributed by atoms with E-state index in [0.717, 1.165) is 47.4 Å². The van der Waals surface area contributed by atoms with Crippen molar-refractivity contribution < 1.29 is 35.5 Å². The van der Waals surface area contributed by atoms with E-state index < -0.39 is 40.5 Å². The second-order valence-corrected chi connectivity index (χ2v) is 8.15. The molecule has 0 saturated carbocycles. The van der Waals surface area contributed by atoms with Gasteiger partial charge in [-0.1, -0.05) is 5.21 Å². The Kier molecular flexibility index (Phi) is 4.67. The summed E-state index contributed by atoms with van der Waals surface area (Å²) in [6.07, 6.45) is 1.09. The minimum absolute atomic E-state index is 0.106. The fourth-order valence-electron chi connectivity index (χ4n) is 2.46. The Balaban J connectivity index is 2.41. The van der Waals surface area contributed by atoms with Gasteiger partial charge in [0.2, 0.25) is 0 Å². The van der Waals surface area contributed by atoms with Crippen LogP contribution in [0.4, 0.5) is 5.69 Å². The number of tetrazole rings is 1. The van der Waals surface area contributed by atoms with Crippen LogP contribution < -0.4 is 4.68 Å². The zero-order valence-corrected chi connectivity index (χ0v) is 15.1. The summed E-state index contributed by atoms with van der Waals surface area (Å²) in [5.74, 6) is 0. The van der Waals surface area contributed by atoms with Gasteiger partial charge in [0.15, 0.2) is 5.21 Å². The number of hydrogen-bond acceptors (Lipinski definition) is 8. The quantitative estimate of drug-likeness (QED) is 0.217. The Hall–Kier alpha value is -3.27. The minimum atomic E-state index is -4.98. The topological polar surface area (TPSA) is 197 Å². The van der Waals surface area contributed by atoms with Crippen molar-refractivity contribution in [2.45, 2.75) is 9.79 Å². The number of aromatic nitrogens is 4. The van der Waals surface area contributed by atoms with Gasteiger partial charge in [-0.05, 0) is 17.7 Å². The summed E-state index contributed by atoms with van der Waals surface area (Å²) >= 11 is 0. The van der Waals surface area contributed by atoms with Crippen molar-refractivity contribution in [3.05, 3.63) is 52.8 Å². The molecule has 0 bridgehead atoms. The number of H-pyrrole nitrogens is 1. The van der Waals surface area contributed by atoms with Crippen molar-refractivity contribution in [2.24, 2.45) is 0 Å². The van der Waals surface area contributed by atoms with Crippen LogP contribution in [0.3, 0.4) is 0 Å². The first kappa shape index (κ1) is 19.5. The summed E-state index contributed by atoms with van der Waals surface area (Å²) in [6, 6.07) is 6.03. The summed E-state index contributed by atoms with van der Waals surface area (Å²) in [5, 5.41) is 20.0. The zero-order chi connectivity index (χ0) is 20.7. The highest BCUT2D eigenvalue weighted by Gasteiger charge is 2.29. The lowest BCUT2D eigenvalue weighted by molar-refractivity contribution is -0.660. The molecule has 0 radical (unpaired) electrons. The Morgan fingerprint density at radius 1 is 1.00 bits per heavy atom. The molecule has 146 valence electrons. The lowest BCUT2D eigenvalue weighted by Crippen LogP contribution is -2.32. The third kappa shape index (κ3) is 3.72. The molecule has 0 spiro atoms. The monoisotopic (exact) mass is 428 g/mol. The Bertz CT molecular complexity index is 1220. The Morgan fingerprint density at radius 3 is 1.93 bits per heavy atom. The van der Waals surface area contributed by atoms with Crippen molar-refractivity contribution in [3.8, 4) is 16.8 Å². The van der Waals surface area contributed by atoms with E-state index in [2.05, 4.69) is 15.5 Å². The minimum Gasteiger partial charge on any atom is -0.282 e. The van der Waals surface area contributed by atoms with Crippen LogP contribution in [0.25, 0.3) is 16.8 Å². The lowest BCUT2D eigenvalue weighted by Gasteiger charge is -2.13. The zero-order valence-electron chi connectivity index (χ0n) is 13.5. The molecule has 1 aromatic heterocycles. The number of nitro groups is 1. The molecule has 3 N–H and O–H groups in total. The molecule has 3 aromatic rings. The van der Waals surface area contributed by atoms with Crippen molar-refractivity contribution in [1.82, 2.24) is 15.5 Å². The van der Waals surface area contributed by atoms with Crippen LogP contribution in [-0.4, -0.2) is 46.4 Å². The Morgan fingerprint density at radius 2 is 1.54 bits per heavy atom. The molecule has 0 fully saturated rings. The number of nitrogens with one attached hydrogen (secondary N) is 1. The molecule has 3 rings (SSSR count). The van der Waals surface area contributed by atoms with E-state index in [1.165, 1.54) is 0 Å². The first-order chi connectivity index (χ1) is 13.0. The van der Waals surface area contributed by atoms with Crippen LogP contribution in [0.15, 0.2) is 52.5 Å². The van der Waals surface area contributed by atoms with E-state index in [9.17, 15) is 36.1 Å². The van der Waals surface area contributed by atoms with Crippen molar-refractivity contribution in [2.75, 3.05) is 0 Å². The van der Waals surface area contributed by atoms with Gasteiger partial charge in [0.05, 0.1) is 4.92 Å². The highest BCUT2D eigenvalue weighted by Crippen LogP contribution is 2.35. The van der Waals surface area contributed by atoms with Gasteiger partial charge in [0.1, 0.15) is 20.6 Å². The fraction of sp³-hybridized carbons (Fsp3) is 0. The number of hydrogen-bond donors (Lipinski definition) is 3. The molecule has 0 aliphatic heterocycles. The molecule has 0 atom stereocenters. The third-order valence-electron chi connectivity index (χ3n) is 3.63. The number of non-ortho nitro benzene ring substituents is 1. The summed E-state index contributed by atoms with van der Waals surface area (Å²) in [6.45, 7) is 0. The molecule has 15 heteroatoms. The normalized spacial score (nSPS) is 12.1. The van der Waals surface area contributed by atoms with Gasteiger partial charge < -0.3 is 0 Å². The van der Waals surface area contributed by atoms with Gasteiger partial charge in [-0.3, -0.25) is 19.2 Å². The van der Waals surface area contributed by atoms with Crippen LogP contribution in [0.2, 0.25) is 0 Å². The van der Waals surface area contributed by atoms with Gasteiger partial charge in [-0.25, -0.2) is 0 Å². The molecule has 0 aliphatic rings. The van der Waals surface area contributed by atoms with Gasteiger partial charge in [-0.15, -0.1) is 4.68 Å². The predicted molar refractivity (Wildman–Crippen MR) is 89.6 cm³/mol. The van der Waals surface area contributed by atoms with Crippen LogP contribution >= 0.6 is 0 Å². The van der Waals surface area contributed by atoms with Gasteiger partial charge in [0.25, 0.3) is 32.3 Å². The van der Waals surface area contributed by atoms with E-state index in [1.807, 2.05) is 0 Å². The molecular weight excluding hydrogens is 418 g/mol. The first-order valence-electron chi connectivity index (χ1n) is 7.14. The van der Waals surface area contributed by atoms with E-state index in [0.29, 0.717) is 0 Å². The number of benzene rings is 2. The second-order valence-electron chi connectivity index (χ2n) is 5.37. The first-order valence-corrected chi connectivity index (χ1v) is 10.0. The van der Waals surface area contributed by atoms with Gasteiger partial charge >= 0.3 is 0 Å². The van der Waals surface area contributed by atoms with Crippen LogP contribution in [0, 0.1) is 10.1 Å². The molecule has 0 unspecified atom stereocenters. The van der Waals surface area contributed by atoms with E-state index >= 15 is 0 Å². The largest absolute Gasteiger partial charge is 0.295 e. The third-order valence-corrected chi connectivity index (χ3v) is 5.38. The average molecular weight is 428 g/mol. The predicted octanol–water partition coefficient (Wildman–Crippen LogP) is 0.150. The second kappa shape index (κ2) is 6.71.